The molecule has 1 atom stereocenters. The summed E-state index contributed by atoms with van der Waals surface area (Å²) in [4.78, 5) is 37.4. The van der Waals surface area contributed by atoms with E-state index in [-0.39, 0.29) is 30.2 Å². The van der Waals surface area contributed by atoms with Crippen LogP contribution in [0.4, 0.5) is 18.9 Å². The Bertz CT molecular complexity index is 761. The zero-order valence-corrected chi connectivity index (χ0v) is 16.2. The summed E-state index contributed by atoms with van der Waals surface area (Å²) in [6.07, 6.45) is -2.90. The lowest BCUT2D eigenvalue weighted by Crippen LogP contribution is -2.45. The fraction of sp³-hybridized carbons (Fsp3) is 0.526. The van der Waals surface area contributed by atoms with Gasteiger partial charge in [0, 0.05) is 32.2 Å². The van der Waals surface area contributed by atoms with Crippen molar-refractivity contribution in [1.82, 2.24) is 10.2 Å². The van der Waals surface area contributed by atoms with Crippen molar-refractivity contribution in [3.63, 3.8) is 0 Å². The summed E-state index contributed by atoms with van der Waals surface area (Å²) in [6, 6.07) is 8.16. The molecule has 10 heteroatoms. The minimum Gasteiger partial charge on any atom is -0.475 e. The molecule has 2 N–H and O–H groups in total. The van der Waals surface area contributed by atoms with Gasteiger partial charge in [0.25, 0.3) is 0 Å². The topological polar surface area (TPSA) is 90.0 Å². The molecule has 1 unspecified atom stereocenters. The fourth-order valence-electron chi connectivity index (χ4n) is 3.42. The molecule has 1 aromatic carbocycles. The van der Waals surface area contributed by atoms with E-state index in [2.05, 4.69) is 5.32 Å². The summed E-state index contributed by atoms with van der Waals surface area (Å²) >= 11 is 0. The van der Waals surface area contributed by atoms with Crippen LogP contribution in [0.2, 0.25) is 0 Å². The van der Waals surface area contributed by atoms with Crippen LogP contribution >= 0.6 is 0 Å². The van der Waals surface area contributed by atoms with Gasteiger partial charge in [0.1, 0.15) is 0 Å². The molecule has 0 bridgehead atoms. The van der Waals surface area contributed by atoms with E-state index in [1.54, 1.807) is 19.0 Å². The van der Waals surface area contributed by atoms with Crippen molar-refractivity contribution >= 4 is 23.5 Å². The number of halogens is 3. The highest BCUT2D eigenvalue weighted by Crippen LogP contribution is 2.41. The van der Waals surface area contributed by atoms with Crippen LogP contribution in [0.1, 0.15) is 30.7 Å². The lowest BCUT2D eigenvalue weighted by atomic mass is 9.97. The van der Waals surface area contributed by atoms with E-state index in [1.165, 1.54) is 0 Å². The summed E-state index contributed by atoms with van der Waals surface area (Å²) < 4.78 is 31.7. The van der Waals surface area contributed by atoms with E-state index in [0.29, 0.717) is 0 Å². The standard InChI is InChI=1S/C17H23N3O2.C2HF3O2/c1-19(2)16(21)11-14-13-5-3-4-6-15(13)20(17(14)22)12-7-9-18-10-8-12;3-2(4,5)1(6)7/h3-6,12,14,18H,7-11H2,1-2H3;(H,6,7). The Morgan fingerprint density at radius 1 is 1.21 bits per heavy atom. The third-order valence-corrected chi connectivity index (χ3v) is 4.90. The highest BCUT2D eigenvalue weighted by molar-refractivity contribution is 6.07. The molecule has 2 aliphatic heterocycles. The van der Waals surface area contributed by atoms with Crippen molar-refractivity contribution in [2.24, 2.45) is 0 Å². The molecule has 1 aromatic rings. The molecule has 0 radical (unpaired) electrons. The second-order valence-electron chi connectivity index (χ2n) is 7.10. The van der Waals surface area contributed by atoms with Crippen molar-refractivity contribution in [3.05, 3.63) is 29.8 Å². The number of piperidine rings is 1. The van der Waals surface area contributed by atoms with Crippen LogP contribution in [-0.4, -0.2) is 67.2 Å². The van der Waals surface area contributed by atoms with Gasteiger partial charge in [0.15, 0.2) is 0 Å². The Hall–Kier alpha value is -2.62. The van der Waals surface area contributed by atoms with Crippen molar-refractivity contribution < 1.29 is 32.7 Å². The Morgan fingerprint density at radius 2 is 1.76 bits per heavy atom. The number of carboxylic acids is 1. The fourth-order valence-corrected chi connectivity index (χ4v) is 3.42. The molecular formula is C19H24F3N3O4. The molecule has 29 heavy (non-hydrogen) atoms. The summed E-state index contributed by atoms with van der Waals surface area (Å²) in [5.74, 6) is -3.00. The summed E-state index contributed by atoms with van der Waals surface area (Å²) in [5, 5.41) is 10.5. The number of aliphatic carboxylic acids is 1. The molecule has 2 amide bonds. The van der Waals surface area contributed by atoms with Crippen LogP contribution in [0.25, 0.3) is 0 Å². The zero-order chi connectivity index (χ0) is 21.8. The number of amides is 2. The molecule has 0 saturated carbocycles. The number of para-hydroxylation sites is 1. The molecule has 0 spiro atoms. The van der Waals surface area contributed by atoms with E-state index in [9.17, 15) is 22.8 Å². The average molecular weight is 415 g/mol. The van der Waals surface area contributed by atoms with Gasteiger partial charge in [-0.25, -0.2) is 4.79 Å². The number of anilines is 1. The number of rotatable bonds is 3. The summed E-state index contributed by atoms with van der Waals surface area (Å²) in [7, 11) is 3.47. The Balaban J connectivity index is 0.000000370. The van der Waals surface area contributed by atoms with E-state index in [4.69, 9.17) is 9.90 Å². The number of benzene rings is 1. The SMILES string of the molecule is CN(C)C(=O)CC1C(=O)N(C2CCNCC2)c2ccccc21.O=C(O)C(F)(F)F. The van der Waals surface area contributed by atoms with E-state index in [0.717, 1.165) is 37.2 Å². The van der Waals surface area contributed by atoms with E-state index in [1.807, 2.05) is 29.2 Å². The second-order valence-corrected chi connectivity index (χ2v) is 7.10. The van der Waals surface area contributed by atoms with Crippen LogP contribution in [0, 0.1) is 0 Å². The minimum atomic E-state index is -5.08. The predicted molar refractivity (Wildman–Crippen MR) is 99.6 cm³/mol. The number of fused-ring (bicyclic) bond motifs is 1. The van der Waals surface area contributed by atoms with Gasteiger partial charge in [-0.2, -0.15) is 13.2 Å². The number of carboxylic acid groups (broad SMARTS) is 1. The first kappa shape index (κ1) is 22.7. The minimum absolute atomic E-state index is 0.000291. The Morgan fingerprint density at radius 3 is 2.28 bits per heavy atom. The predicted octanol–water partition coefficient (Wildman–Crippen LogP) is 1.98. The molecule has 1 fully saturated rings. The van der Waals surface area contributed by atoms with Crippen LogP contribution < -0.4 is 10.2 Å². The first-order valence-corrected chi connectivity index (χ1v) is 9.17. The lowest BCUT2D eigenvalue weighted by Gasteiger charge is -2.32. The first-order valence-electron chi connectivity index (χ1n) is 9.17. The third-order valence-electron chi connectivity index (χ3n) is 4.90. The largest absolute Gasteiger partial charge is 0.490 e. The van der Waals surface area contributed by atoms with Crippen molar-refractivity contribution in [2.45, 2.75) is 37.4 Å². The summed E-state index contributed by atoms with van der Waals surface area (Å²) in [5.41, 5.74) is 2.00. The highest BCUT2D eigenvalue weighted by Gasteiger charge is 2.41. The van der Waals surface area contributed by atoms with Crippen LogP contribution in [0.15, 0.2) is 24.3 Å². The molecule has 2 heterocycles. The molecule has 0 aromatic heterocycles. The molecule has 160 valence electrons. The maximum Gasteiger partial charge on any atom is 0.490 e. The number of hydrogen-bond acceptors (Lipinski definition) is 4. The number of nitrogens with one attached hydrogen (secondary N) is 1. The maximum atomic E-state index is 13.0. The maximum absolute atomic E-state index is 13.0. The molecule has 0 aliphatic carbocycles. The normalized spacial score (nSPS) is 19.3. The molecule has 7 nitrogen and oxygen atoms in total. The smallest absolute Gasteiger partial charge is 0.475 e. The van der Waals surface area contributed by atoms with Gasteiger partial charge in [-0.3, -0.25) is 9.59 Å². The molecule has 2 aliphatic rings. The van der Waals surface area contributed by atoms with Gasteiger partial charge >= 0.3 is 12.1 Å². The number of nitrogens with zero attached hydrogens (tertiary/aromatic N) is 2. The van der Waals surface area contributed by atoms with Gasteiger partial charge in [-0.05, 0) is 37.6 Å². The number of hydrogen-bond donors (Lipinski definition) is 2. The van der Waals surface area contributed by atoms with Gasteiger partial charge < -0.3 is 20.2 Å². The highest BCUT2D eigenvalue weighted by atomic mass is 19.4. The Kier molecular flexibility index (Phi) is 7.23. The molecular weight excluding hydrogens is 391 g/mol. The number of carbonyl (C=O) groups excluding carboxylic acids is 2. The first-order chi connectivity index (χ1) is 13.5. The van der Waals surface area contributed by atoms with Crippen LogP contribution in [0.3, 0.4) is 0 Å². The summed E-state index contributed by atoms with van der Waals surface area (Å²) in [6.45, 7) is 1.88. The van der Waals surface area contributed by atoms with Crippen molar-refractivity contribution in [3.8, 4) is 0 Å². The van der Waals surface area contributed by atoms with Crippen molar-refractivity contribution in [2.75, 3.05) is 32.1 Å². The van der Waals surface area contributed by atoms with Crippen molar-refractivity contribution in [1.29, 1.82) is 0 Å². The second kappa shape index (κ2) is 9.25. The molecule has 3 rings (SSSR count). The van der Waals surface area contributed by atoms with E-state index >= 15 is 0 Å². The van der Waals surface area contributed by atoms with E-state index < -0.39 is 12.1 Å². The third kappa shape index (κ3) is 5.47. The molecule has 1 saturated heterocycles. The average Bonchev–Trinajstić information content (AvgIpc) is 2.94. The lowest BCUT2D eigenvalue weighted by molar-refractivity contribution is -0.192. The Labute approximate surface area is 166 Å². The van der Waals surface area contributed by atoms with Gasteiger partial charge in [-0.1, -0.05) is 18.2 Å². The number of alkyl halides is 3. The van der Waals surface area contributed by atoms with Crippen LogP contribution in [0.5, 0.6) is 0 Å². The zero-order valence-electron chi connectivity index (χ0n) is 16.2. The quantitative estimate of drug-likeness (QED) is 0.788. The number of carbonyl (C=O) groups is 3. The van der Waals surface area contributed by atoms with Gasteiger partial charge in [0.2, 0.25) is 11.8 Å². The monoisotopic (exact) mass is 415 g/mol. The van der Waals surface area contributed by atoms with Crippen LogP contribution in [-0.2, 0) is 14.4 Å². The van der Waals surface area contributed by atoms with Gasteiger partial charge in [0.05, 0.1) is 5.92 Å². The van der Waals surface area contributed by atoms with Gasteiger partial charge in [-0.15, -0.1) is 0 Å².